The Kier molecular flexibility index (Phi) is 6.34. The highest BCUT2D eigenvalue weighted by atomic mass is 16.2. The highest BCUT2D eigenvalue weighted by Gasteiger charge is 2.19. The van der Waals surface area contributed by atoms with Crippen molar-refractivity contribution in [3.05, 3.63) is 12.2 Å². The van der Waals surface area contributed by atoms with Crippen molar-refractivity contribution in [2.45, 2.75) is 27.2 Å². The fourth-order valence-electron chi connectivity index (χ4n) is 1.32. The molecule has 0 fully saturated rings. The maximum atomic E-state index is 11.7. The third-order valence-electron chi connectivity index (χ3n) is 2.73. The lowest BCUT2D eigenvalue weighted by Crippen LogP contribution is -2.34. The molecule has 94 valence electrons. The summed E-state index contributed by atoms with van der Waals surface area (Å²) < 4.78 is 0. The molecule has 0 heterocycles. The van der Waals surface area contributed by atoms with Gasteiger partial charge in [0.2, 0.25) is 5.91 Å². The molecule has 0 aromatic carbocycles. The molecule has 0 atom stereocenters. The highest BCUT2D eigenvalue weighted by molar-refractivity contribution is 5.87. The van der Waals surface area contributed by atoms with Crippen LogP contribution in [0.2, 0.25) is 0 Å². The molecule has 0 rings (SSSR count). The predicted molar refractivity (Wildman–Crippen MR) is 69.4 cm³/mol. The van der Waals surface area contributed by atoms with Crippen LogP contribution in [0.1, 0.15) is 27.2 Å². The molecule has 0 saturated heterocycles. The minimum absolute atomic E-state index is 0.0865. The Balaban J connectivity index is 4.14. The van der Waals surface area contributed by atoms with Gasteiger partial charge in [-0.2, -0.15) is 0 Å². The highest BCUT2D eigenvalue weighted by Crippen LogP contribution is 2.20. The minimum Gasteiger partial charge on any atom is -0.342 e. The van der Waals surface area contributed by atoms with Gasteiger partial charge in [0.05, 0.1) is 0 Å². The molecule has 0 saturated carbocycles. The van der Waals surface area contributed by atoms with E-state index >= 15 is 0 Å². The zero-order valence-electron chi connectivity index (χ0n) is 11.6. The van der Waals surface area contributed by atoms with Crippen LogP contribution in [-0.2, 0) is 4.79 Å². The molecule has 16 heavy (non-hydrogen) atoms. The molecule has 0 unspecified atom stereocenters. The second-order valence-corrected chi connectivity index (χ2v) is 5.38. The van der Waals surface area contributed by atoms with E-state index in [1.165, 1.54) is 0 Å². The number of carbonyl (C=O) groups is 1. The lowest BCUT2D eigenvalue weighted by molar-refractivity contribution is -0.126. The van der Waals surface area contributed by atoms with Gasteiger partial charge in [-0.15, -0.1) is 0 Å². The van der Waals surface area contributed by atoms with Crippen LogP contribution in [0.3, 0.4) is 0 Å². The molecule has 0 aliphatic carbocycles. The number of amides is 1. The average molecular weight is 226 g/mol. The summed E-state index contributed by atoms with van der Waals surface area (Å²) in [5.41, 5.74) is 0.194. The normalized spacial score (nSPS) is 12.4. The third kappa shape index (κ3) is 6.62. The minimum atomic E-state index is 0.0865. The topological polar surface area (TPSA) is 23.6 Å². The number of hydrogen-bond acceptors (Lipinski definition) is 2. The Labute approximate surface area is 100 Å². The van der Waals surface area contributed by atoms with Gasteiger partial charge in [0, 0.05) is 26.2 Å². The molecule has 0 radical (unpaired) electrons. The van der Waals surface area contributed by atoms with Gasteiger partial charge in [-0.1, -0.05) is 26.8 Å². The Hall–Kier alpha value is -0.830. The van der Waals surface area contributed by atoms with Gasteiger partial charge in [0.25, 0.3) is 0 Å². The number of likely N-dealkylation sites (N-methyl/N-ethyl adjacent to an activating group) is 2. The first kappa shape index (κ1) is 15.2. The number of carbonyl (C=O) groups excluding carboxylic acids is 1. The third-order valence-corrected chi connectivity index (χ3v) is 2.73. The van der Waals surface area contributed by atoms with Crippen LogP contribution in [0.5, 0.6) is 0 Å². The average Bonchev–Trinajstić information content (AvgIpc) is 2.16. The largest absolute Gasteiger partial charge is 0.342 e. The summed E-state index contributed by atoms with van der Waals surface area (Å²) in [6.07, 6.45) is 4.63. The van der Waals surface area contributed by atoms with Crippen molar-refractivity contribution in [2.75, 3.05) is 34.2 Å². The van der Waals surface area contributed by atoms with Crippen molar-refractivity contribution in [3.63, 3.8) is 0 Å². The SMILES string of the molecule is CCC(C)(C)CN(C)C(=O)/C=C/CN(C)C. The quantitative estimate of drug-likeness (QED) is 0.647. The summed E-state index contributed by atoms with van der Waals surface area (Å²) in [6, 6.07) is 0. The fourth-order valence-corrected chi connectivity index (χ4v) is 1.32. The zero-order chi connectivity index (χ0) is 12.8. The molecule has 3 heteroatoms. The van der Waals surface area contributed by atoms with Crippen molar-refractivity contribution < 1.29 is 4.79 Å². The summed E-state index contributed by atoms with van der Waals surface area (Å²) in [4.78, 5) is 15.6. The van der Waals surface area contributed by atoms with Crippen LogP contribution in [-0.4, -0.2) is 49.9 Å². The molecular formula is C13H26N2O. The van der Waals surface area contributed by atoms with E-state index in [0.717, 1.165) is 19.5 Å². The van der Waals surface area contributed by atoms with E-state index in [0.29, 0.717) is 0 Å². The van der Waals surface area contributed by atoms with Crippen LogP contribution in [0.4, 0.5) is 0 Å². The van der Waals surface area contributed by atoms with E-state index in [1.54, 1.807) is 11.0 Å². The van der Waals surface area contributed by atoms with Gasteiger partial charge in [-0.05, 0) is 25.9 Å². The van der Waals surface area contributed by atoms with Crippen LogP contribution in [0.25, 0.3) is 0 Å². The van der Waals surface area contributed by atoms with Crippen molar-refractivity contribution in [1.29, 1.82) is 0 Å². The van der Waals surface area contributed by atoms with E-state index in [1.807, 2.05) is 32.1 Å². The number of rotatable bonds is 6. The summed E-state index contributed by atoms with van der Waals surface area (Å²) in [6.45, 7) is 8.12. The van der Waals surface area contributed by atoms with Gasteiger partial charge in [0.15, 0.2) is 0 Å². The summed E-state index contributed by atoms with van der Waals surface area (Å²) >= 11 is 0. The fraction of sp³-hybridized carbons (Fsp3) is 0.769. The van der Waals surface area contributed by atoms with Gasteiger partial charge in [0.1, 0.15) is 0 Å². The molecule has 0 bridgehead atoms. The monoisotopic (exact) mass is 226 g/mol. The molecule has 0 N–H and O–H groups in total. The van der Waals surface area contributed by atoms with Crippen molar-refractivity contribution in [3.8, 4) is 0 Å². The van der Waals surface area contributed by atoms with Crippen LogP contribution in [0.15, 0.2) is 12.2 Å². The summed E-state index contributed by atoms with van der Waals surface area (Å²) in [7, 11) is 5.83. The maximum Gasteiger partial charge on any atom is 0.246 e. The Bertz CT molecular complexity index is 244. The second-order valence-electron chi connectivity index (χ2n) is 5.38. The lowest BCUT2D eigenvalue weighted by Gasteiger charge is -2.28. The number of nitrogens with zero attached hydrogens (tertiary/aromatic N) is 2. The van der Waals surface area contributed by atoms with Gasteiger partial charge < -0.3 is 9.80 Å². The molecule has 1 amide bonds. The van der Waals surface area contributed by atoms with Crippen LogP contribution < -0.4 is 0 Å². The maximum absolute atomic E-state index is 11.7. The molecular weight excluding hydrogens is 200 g/mol. The number of hydrogen-bond donors (Lipinski definition) is 0. The van der Waals surface area contributed by atoms with E-state index in [9.17, 15) is 4.79 Å². The van der Waals surface area contributed by atoms with Crippen molar-refractivity contribution in [1.82, 2.24) is 9.80 Å². The van der Waals surface area contributed by atoms with Crippen LogP contribution in [0, 0.1) is 5.41 Å². The van der Waals surface area contributed by atoms with Gasteiger partial charge >= 0.3 is 0 Å². The Morgan fingerprint density at radius 3 is 2.25 bits per heavy atom. The predicted octanol–water partition coefficient (Wildman–Crippen LogP) is 2.00. The van der Waals surface area contributed by atoms with Gasteiger partial charge in [-0.3, -0.25) is 4.79 Å². The smallest absolute Gasteiger partial charge is 0.246 e. The molecule has 0 aliphatic heterocycles. The van der Waals surface area contributed by atoms with Crippen LogP contribution >= 0.6 is 0 Å². The molecule has 0 aromatic heterocycles. The standard InChI is InChI=1S/C13H26N2O/c1-7-13(2,3)11-15(6)12(16)9-8-10-14(4)5/h8-9H,7,10-11H2,1-6H3/b9-8+. The first-order valence-corrected chi connectivity index (χ1v) is 5.85. The van der Waals surface area contributed by atoms with Crippen molar-refractivity contribution >= 4 is 5.91 Å². The molecule has 3 nitrogen and oxygen atoms in total. The molecule has 0 spiro atoms. The Morgan fingerprint density at radius 1 is 1.25 bits per heavy atom. The van der Waals surface area contributed by atoms with E-state index in [-0.39, 0.29) is 11.3 Å². The van der Waals surface area contributed by atoms with E-state index in [2.05, 4.69) is 20.8 Å². The lowest BCUT2D eigenvalue weighted by atomic mass is 9.90. The first-order chi connectivity index (χ1) is 7.28. The zero-order valence-corrected chi connectivity index (χ0v) is 11.6. The first-order valence-electron chi connectivity index (χ1n) is 5.85. The van der Waals surface area contributed by atoms with E-state index < -0.39 is 0 Å². The molecule has 0 aromatic rings. The van der Waals surface area contributed by atoms with Crippen molar-refractivity contribution in [2.24, 2.45) is 5.41 Å². The summed E-state index contributed by atoms with van der Waals surface area (Å²) in [5.74, 6) is 0.0865. The van der Waals surface area contributed by atoms with E-state index in [4.69, 9.17) is 0 Å². The summed E-state index contributed by atoms with van der Waals surface area (Å²) in [5, 5.41) is 0. The molecule has 0 aliphatic rings. The Morgan fingerprint density at radius 2 is 1.81 bits per heavy atom. The van der Waals surface area contributed by atoms with Gasteiger partial charge in [-0.25, -0.2) is 0 Å². The second kappa shape index (κ2) is 6.69.